The molecule has 19 heavy (non-hydrogen) atoms. The van der Waals surface area contributed by atoms with Crippen LogP contribution in [0.25, 0.3) is 0 Å². The number of piperidine rings is 1. The molecule has 0 saturated carbocycles. The molecule has 0 radical (unpaired) electrons. The fraction of sp³-hybridized carbons (Fsp3) is 0.545. The molecule has 2 N–H and O–H groups in total. The third-order valence-electron chi connectivity index (χ3n) is 3.27. The molecule has 104 valence electrons. The minimum atomic E-state index is -0.411. The third kappa shape index (κ3) is 3.26. The van der Waals surface area contributed by atoms with E-state index in [-0.39, 0.29) is 21.9 Å². The minimum absolute atomic E-state index is 0.0244. The van der Waals surface area contributed by atoms with Gasteiger partial charge in [-0.1, -0.05) is 23.2 Å². The maximum Gasteiger partial charge on any atom is 0.288 e. The summed E-state index contributed by atoms with van der Waals surface area (Å²) in [5, 5.41) is 4.07. The van der Waals surface area contributed by atoms with Crippen molar-refractivity contribution in [3.63, 3.8) is 0 Å². The monoisotopic (exact) mass is 304 g/mol. The largest absolute Gasteiger partial charge is 0.369 e. The highest BCUT2D eigenvalue weighted by Crippen LogP contribution is 2.18. The Balaban J connectivity index is 2.02. The zero-order valence-electron chi connectivity index (χ0n) is 10.2. The summed E-state index contributed by atoms with van der Waals surface area (Å²) in [7, 11) is 0. The van der Waals surface area contributed by atoms with Gasteiger partial charge in [0.15, 0.2) is 0 Å². The van der Waals surface area contributed by atoms with Crippen LogP contribution in [0.2, 0.25) is 10.0 Å². The van der Waals surface area contributed by atoms with Gasteiger partial charge in [-0.3, -0.25) is 14.5 Å². The number of halogens is 2. The number of aromatic nitrogens is 2. The smallest absolute Gasteiger partial charge is 0.288 e. The standard InChI is InChI=1S/C11H14Cl2N4O2/c12-8-5-15-17(11(19)9(8)13)6-16-3-1-7(2-4-16)10(14)18/h5,7H,1-4,6H2,(H2,14,18). The Labute approximate surface area is 120 Å². The molecule has 2 heterocycles. The Morgan fingerprint density at radius 3 is 2.63 bits per heavy atom. The molecule has 1 aliphatic rings. The van der Waals surface area contributed by atoms with E-state index in [9.17, 15) is 9.59 Å². The summed E-state index contributed by atoms with van der Waals surface area (Å²) in [4.78, 5) is 24.9. The number of hydrogen-bond donors (Lipinski definition) is 1. The zero-order valence-corrected chi connectivity index (χ0v) is 11.7. The van der Waals surface area contributed by atoms with Crippen LogP contribution in [0.1, 0.15) is 12.8 Å². The van der Waals surface area contributed by atoms with Crippen LogP contribution in [0.4, 0.5) is 0 Å². The molecular weight excluding hydrogens is 291 g/mol. The van der Waals surface area contributed by atoms with Crippen molar-refractivity contribution in [2.75, 3.05) is 13.1 Å². The minimum Gasteiger partial charge on any atom is -0.369 e. The lowest BCUT2D eigenvalue weighted by Crippen LogP contribution is -2.41. The van der Waals surface area contributed by atoms with Gasteiger partial charge in [0.05, 0.1) is 17.9 Å². The topological polar surface area (TPSA) is 81.2 Å². The van der Waals surface area contributed by atoms with Gasteiger partial charge in [0.1, 0.15) is 5.02 Å². The molecule has 1 aliphatic heterocycles. The fourth-order valence-corrected chi connectivity index (χ4v) is 2.36. The van der Waals surface area contributed by atoms with Gasteiger partial charge in [-0.15, -0.1) is 0 Å². The highest BCUT2D eigenvalue weighted by Gasteiger charge is 2.23. The van der Waals surface area contributed by atoms with Crippen LogP contribution in [-0.4, -0.2) is 33.7 Å². The molecule has 0 unspecified atom stereocenters. The molecule has 1 aromatic heterocycles. The summed E-state index contributed by atoms with van der Waals surface area (Å²) >= 11 is 11.5. The Hall–Kier alpha value is -1.11. The Bertz CT molecular complexity index is 538. The molecule has 1 aromatic rings. The number of hydrogen-bond acceptors (Lipinski definition) is 4. The van der Waals surface area contributed by atoms with Gasteiger partial charge < -0.3 is 5.73 Å². The summed E-state index contributed by atoms with van der Waals surface area (Å²) in [6.07, 6.45) is 2.75. The number of primary amides is 1. The van der Waals surface area contributed by atoms with Crippen LogP contribution >= 0.6 is 23.2 Å². The maximum atomic E-state index is 11.8. The van der Waals surface area contributed by atoms with Crippen molar-refractivity contribution in [2.24, 2.45) is 11.7 Å². The first-order valence-electron chi connectivity index (χ1n) is 5.92. The molecule has 0 aromatic carbocycles. The quantitative estimate of drug-likeness (QED) is 0.891. The van der Waals surface area contributed by atoms with Crippen LogP contribution in [0.5, 0.6) is 0 Å². The number of amides is 1. The average Bonchev–Trinajstić information content (AvgIpc) is 2.40. The summed E-state index contributed by atoms with van der Waals surface area (Å²) in [5.41, 5.74) is 4.86. The molecular formula is C11H14Cl2N4O2. The van der Waals surface area contributed by atoms with Gasteiger partial charge >= 0.3 is 0 Å². The van der Waals surface area contributed by atoms with Crippen molar-refractivity contribution in [3.8, 4) is 0 Å². The number of carbonyl (C=O) groups excluding carboxylic acids is 1. The van der Waals surface area contributed by atoms with Crippen LogP contribution in [0, 0.1) is 5.92 Å². The number of carbonyl (C=O) groups is 1. The van der Waals surface area contributed by atoms with Gasteiger partial charge in [0, 0.05) is 19.0 Å². The predicted molar refractivity (Wildman–Crippen MR) is 72.0 cm³/mol. The van der Waals surface area contributed by atoms with E-state index in [0.29, 0.717) is 32.6 Å². The van der Waals surface area contributed by atoms with Crippen LogP contribution in [0.3, 0.4) is 0 Å². The number of rotatable bonds is 3. The van der Waals surface area contributed by atoms with Gasteiger partial charge in [0.25, 0.3) is 5.56 Å². The summed E-state index contributed by atoms with van der Waals surface area (Å²) in [6, 6.07) is 0. The first kappa shape index (κ1) is 14.3. The van der Waals surface area contributed by atoms with Crippen LogP contribution in [-0.2, 0) is 11.5 Å². The van der Waals surface area contributed by atoms with Gasteiger partial charge in [0.2, 0.25) is 5.91 Å². The van der Waals surface area contributed by atoms with E-state index >= 15 is 0 Å². The van der Waals surface area contributed by atoms with E-state index in [2.05, 4.69) is 5.10 Å². The van der Waals surface area contributed by atoms with Crippen LogP contribution < -0.4 is 11.3 Å². The van der Waals surface area contributed by atoms with Crippen molar-refractivity contribution in [2.45, 2.75) is 19.5 Å². The van der Waals surface area contributed by atoms with E-state index in [1.165, 1.54) is 10.9 Å². The van der Waals surface area contributed by atoms with Gasteiger partial charge in [-0.05, 0) is 12.8 Å². The van der Waals surface area contributed by atoms with E-state index in [1.54, 1.807) is 0 Å². The molecule has 8 heteroatoms. The molecule has 1 saturated heterocycles. The second-order valence-electron chi connectivity index (χ2n) is 4.55. The number of nitrogens with two attached hydrogens (primary N) is 1. The lowest BCUT2D eigenvalue weighted by atomic mass is 9.97. The molecule has 2 rings (SSSR count). The highest BCUT2D eigenvalue weighted by atomic mass is 35.5. The normalized spacial score (nSPS) is 17.6. The lowest BCUT2D eigenvalue weighted by Gasteiger charge is -2.30. The first-order chi connectivity index (χ1) is 8.99. The fourth-order valence-electron chi connectivity index (χ4n) is 2.09. The molecule has 0 aliphatic carbocycles. The van der Waals surface area contributed by atoms with Crippen molar-refractivity contribution in [3.05, 3.63) is 26.6 Å². The summed E-state index contributed by atoms with van der Waals surface area (Å²) in [5.74, 6) is -0.334. The molecule has 1 amide bonds. The van der Waals surface area contributed by atoms with Gasteiger partial charge in [-0.25, -0.2) is 4.68 Å². The maximum absolute atomic E-state index is 11.8. The SMILES string of the molecule is NC(=O)C1CCN(Cn2ncc(Cl)c(Cl)c2=O)CC1. The summed E-state index contributed by atoms with van der Waals surface area (Å²) in [6.45, 7) is 1.73. The van der Waals surface area contributed by atoms with E-state index in [1.807, 2.05) is 4.90 Å². The van der Waals surface area contributed by atoms with Gasteiger partial charge in [-0.2, -0.15) is 5.10 Å². The van der Waals surface area contributed by atoms with E-state index in [4.69, 9.17) is 28.9 Å². The van der Waals surface area contributed by atoms with Crippen molar-refractivity contribution in [1.82, 2.24) is 14.7 Å². The molecule has 1 fully saturated rings. The predicted octanol–water partition coefficient (Wildman–Crippen LogP) is 0.705. The van der Waals surface area contributed by atoms with E-state index < -0.39 is 5.56 Å². The second kappa shape index (κ2) is 5.90. The Morgan fingerprint density at radius 1 is 1.42 bits per heavy atom. The first-order valence-corrected chi connectivity index (χ1v) is 6.67. The highest BCUT2D eigenvalue weighted by molar-refractivity contribution is 6.41. The zero-order chi connectivity index (χ0) is 14.0. The number of likely N-dealkylation sites (tertiary alicyclic amines) is 1. The van der Waals surface area contributed by atoms with Crippen molar-refractivity contribution < 1.29 is 4.79 Å². The second-order valence-corrected chi connectivity index (χ2v) is 5.33. The molecule has 6 nitrogen and oxygen atoms in total. The van der Waals surface area contributed by atoms with Crippen molar-refractivity contribution >= 4 is 29.1 Å². The third-order valence-corrected chi connectivity index (χ3v) is 4.01. The average molecular weight is 305 g/mol. The summed E-state index contributed by atoms with van der Waals surface area (Å²) < 4.78 is 1.26. The van der Waals surface area contributed by atoms with Crippen LogP contribution in [0.15, 0.2) is 11.0 Å². The molecule has 0 spiro atoms. The van der Waals surface area contributed by atoms with E-state index in [0.717, 1.165) is 0 Å². The van der Waals surface area contributed by atoms with Crippen molar-refractivity contribution in [1.29, 1.82) is 0 Å². The Morgan fingerprint density at radius 2 is 2.05 bits per heavy atom. The molecule has 0 atom stereocenters. The number of nitrogens with zero attached hydrogens (tertiary/aromatic N) is 3. The Kier molecular flexibility index (Phi) is 4.44. The lowest BCUT2D eigenvalue weighted by molar-refractivity contribution is -0.123. The molecule has 0 bridgehead atoms.